The van der Waals surface area contributed by atoms with E-state index < -0.39 is 0 Å². The van der Waals surface area contributed by atoms with Gasteiger partial charge in [0, 0.05) is 18.9 Å². The zero-order valence-electron chi connectivity index (χ0n) is 12.1. The van der Waals surface area contributed by atoms with E-state index in [1.807, 2.05) is 12.4 Å². The summed E-state index contributed by atoms with van der Waals surface area (Å²) in [7, 11) is 0. The van der Waals surface area contributed by atoms with Gasteiger partial charge in [-0.25, -0.2) is 4.98 Å². The molecule has 0 amide bonds. The van der Waals surface area contributed by atoms with Crippen LogP contribution in [0.4, 0.5) is 0 Å². The van der Waals surface area contributed by atoms with Crippen LogP contribution in [0, 0.1) is 13.8 Å². The summed E-state index contributed by atoms with van der Waals surface area (Å²) in [5.74, 6) is 0.987. The Morgan fingerprint density at radius 1 is 1.21 bits per heavy atom. The van der Waals surface area contributed by atoms with E-state index in [-0.39, 0.29) is 6.04 Å². The van der Waals surface area contributed by atoms with Gasteiger partial charge in [-0.1, -0.05) is 36.2 Å². The van der Waals surface area contributed by atoms with Crippen LogP contribution in [-0.2, 0) is 13.0 Å². The number of imidazole rings is 1. The standard InChI is InChI=1S/C16H23N3/c1-4-6-19-7-5-18-16(19)15(17)11-14-9-12(2)8-13(3)10-14/h5,7-10,15H,4,6,11,17H2,1-3H3. The maximum Gasteiger partial charge on any atom is 0.125 e. The van der Waals surface area contributed by atoms with Crippen LogP contribution in [0.15, 0.2) is 30.6 Å². The van der Waals surface area contributed by atoms with Gasteiger partial charge in [-0.05, 0) is 32.3 Å². The van der Waals surface area contributed by atoms with Crippen molar-refractivity contribution in [2.24, 2.45) is 5.73 Å². The number of aromatic nitrogens is 2. The Bertz CT molecular complexity index is 522. The van der Waals surface area contributed by atoms with E-state index >= 15 is 0 Å². The van der Waals surface area contributed by atoms with E-state index in [0.29, 0.717) is 0 Å². The third-order valence-electron chi connectivity index (χ3n) is 3.28. The Balaban J connectivity index is 2.15. The maximum atomic E-state index is 6.32. The maximum absolute atomic E-state index is 6.32. The molecule has 19 heavy (non-hydrogen) atoms. The summed E-state index contributed by atoms with van der Waals surface area (Å²) in [6, 6.07) is 6.57. The fourth-order valence-corrected chi connectivity index (χ4v) is 2.61. The van der Waals surface area contributed by atoms with Gasteiger partial charge in [-0.2, -0.15) is 0 Å². The lowest BCUT2D eigenvalue weighted by Crippen LogP contribution is -2.19. The quantitative estimate of drug-likeness (QED) is 0.894. The average molecular weight is 257 g/mol. The topological polar surface area (TPSA) is 43.8 Å². The number of benzene rings is 1. The Morgan fingerprint density at radius 3 is 2.53 bits per heavy atom. The fraction of sp³-hybridized carbons (Fsp3) is 0.438. The minimum atomic E-state index is -0.0391. The molecular formula is C16H23N3. The summed E-state index contributed by atoms with van der Waals surface area (Å²) in [6.45, 7) is 7.40. The zero-order valence-corrected chi connectivity index (χ0v) is 12.1. The van der Waals surface area contributed by atoms with Crippen molar-refractivity contribution in [3.05, 3.63) is 53.1 Å². The van der Waals surface area contributed by atoms with Crippen molar-refractivity contribution < 1.29 is 0 Å². The summed E-state index contributed by atoms with van der Waals surface area (Å²) < 4.78 is 2.16. The smallest absolute Gasteiger partial charge is 0.125 e. The zero-order chi connectivity index (χ0) is 13.8. The first-order valence-corrected chi connectivity index (χ1v) is 6.94. The van der Waals surface area contributed by atoms with Crippen molar-refractivity contribution in [2.45, 2.75) is 46.2 Å². The van der Waals surface area contributed by atoms with Crippen molar-refractivity contribution in [3.8, 4) is 0 Å². The van der Waals surface area contributed by atoms with Crippen molar-refractivity contribution in [1.82, 2.24) is 9.55 Å². The van der Waals surface area contributed by atoms with E-state index in [4.69, 9.17) is 5.73 Å². The van der Waals surface area contributed by atoms with E-state index in [0.717, 1.165) is 25.2 Å². The molecule has 0 saturated heterocycles. The number of hydrogen-bond acceptors (Lipinski definition) is 2. The highest BCUT2D eigenvalue weighted by Gasteiger charge is 2.13. The van der Waals surface area contributed by atoms with Crippen molar-refractivity contribution in [3.63, 3.8) is 0 Å². The van der Waals surface area contributed by atoms with Crippen molar-refractivity contribution in [2.75, 3.05) is 0 Å². The second-order valence-corrected chi connectivity index (χ2v) is 5.29. The van der Waals surface area contributed by atoms with Crippen molar-refractivity contribution >= 4 is 0 Å². The minimum absolute atomic E-state index is 0.0391. The van der Waals surface area contributed by atoms with E-state index in [9.17, 15) is 0 Å². The first kappa shape index (κ1) is 13.8. The van der Waals surface area contributed by atoms with Gasteiger partial charge in [0.2, 0.25) is 0 Å². The Labute approximate surface area is 115 Å². The molecule has 3 heteroatoms. The molecule has 0 aliphatic heterocycles. The van der Waals surface area contributed by atoms with Gasteiger partial charge in [-0.3, -0.25) is 0 Å². The molecule has 2 rings (SSSR count). The molecule has 1 aromatic heterocycles. The molecule has 0 bridgehead atoms. The molecule has 0 spiro atoms. The van der Waals surface area contributed by atoms with Crippen LogP contribution >= 0.6 is 0 Å². The summed E-state index contributed by atoms with van der Waals surface area (Å²) in [5, 5.41) is 0. The summed E-state index contributed by atoms with van der Waals surface area (Å²) in [5.41, 5.74) is 10.2. The van der Waals surface area contributed by atoms with Gasteiger partial charge < -0.3 is 10.3 Å². The minimum Gasteiger partial charge on any atom is -0.334 e. The third kappa shape index (κ3) is 3.44. The van der Waals surface area contributed by atoms with Crippen molar-refractivity contribution in [1.29, 1.82) is 0 Å². The molecule has 1 heterocycles. The molecule has 1 aromatic carbocycles. The normalized spacial score (nSPS) is 12.6. The lowest BCUT2D eigenvalue weighted by atomic mass is 10.0. The van der Waals surface area contributed by atoms with E-state index in [2.05, 4.69) is 48.5 Å². The van der Waals surface area contributed by atoms with E-state index in [1.54, 1.807) is 0 Å². The van der Waals surface area contributed by atoms with Gasteiger partial charge in [0.15, 0.2) is 0 Å². The molecule has 0 saturated carbocycles. The highest BCUT2D eigenvalue weighted by atomic mass is 15.1. The Morgan fingerprint density at radius 2 is 1.89 bits per heavy atom. The molecule has 102 valence electrons. The molecule has 1 atom stereocenters. The average Bonchev–Trinajstić information content (AvgIpc) is 2.76. The van der Waals surface area contributed by atoms with Crippen LogP contribution in [0.3, 0.4) is 0 Å². The monoisotopic (exact) mass is 257 g/mol. The molecule has 1 unspecified atom stereocenters. The lowest BCUT2D eigenvalue weighted by molar-refractivity contribution is 0.574. The van der Waals surface area contributed by atoms with Crippen LogP contribution in [0.2, 0.25) is 0 Å². The van der Waals surface area contributed by atoms with Gasteiger partial charge in [0.1, 0.15) is 5.82 Å². The number of nitrogens with zero attached hydrogens (tertiary/aromatic N) is 2. The lowest BCUT2D eigenvalue weighted by Gasteiger charge is -2.14. The van der Waals surface area contributed by atoms with Crippen LogP contribution in [-0.4, -0.2) is 9.55 Å². The first-order chi connectivity index (χ1) is 9.10. The van der Waals surface area contributed by atoms with Gasteiger partial charge in [0.25, 0.3) is 0 Å². The molecular weight excluding hydrogens is 234 g/mol. The van der Waals surface area contributed by atoms with Crippen LogP contribution in [0.5, 0.6) is 0 Å². The summed E-state index contributed by atoms with van der Waals surface area (Å²) in [4.78, 5) is 4.41. The summed E-state index contributed by atoms with van der Waals surface area (Å²) in [6.07, 6.45) is 5.79. The fourth-order valence-electron chi connectivity index (χ4n) is 2.61. The van der Waals surface area contributed by atoms with Gasteiger partial charge >= 0.3 is 0 Å². The highest BCUT2D eigenvalue weighted by molar-refractivity contribution is 5.29. The predicted octanol–water partition coefficient (Wildman–Crippen LogP) is 3.15. The SMILES string of the molecule is CCCn1ccnc1C(N)Cc1cc(C)cc(C)c1. The Hall–Kier alpha value is -1.61. The van der Waals surface area contributed by atoms with Crippen LogP contribution < -0.4 is 5.73 Å². The van der Waals surface area contributed by atoms with Crippen LogP contribution in [0.25, 0.3) is 0 Å². The predicted molar refractivity (Wildman–Crippen MR) is 79.1 cm³/mol. The molecule has 0 radical (unpaired) electrons. The number of aryl methyl sites for hydroxylation is 3. The van der Waals surface area contributed by atoms with Gasteiger partial charge in [0.05, 0.1) is 6.04 Å². The number of nitrogens with two attached hydrogens (primary N) is 1. The Kier molecular flexibility index (Phi) is 4.38. The number of hydrogen-bond donors (Lipinski definition) is 1. The number of rotatable bonds is 5. The summed E-state index contributed by atoms with van der Waals surface area (Å²) >= 11 is 0. The third-order valence-corrected chi connectivity index (χ3v) is 3.28. The largest absolute Gasteiger partial charge is 0.334 e. The second-order valence-electron chi connectivity index (χ2n) is 5.29. The molecule has 0 aliphatic carbocycles. The molecule has 3 nitrogen and oxygen atoms in total. The van der Waals surface area contributed by atoms with E-state index in [1.165, 1.54) is 16.7 Å². The molecule has 2 aromatic rings. The van der Waals surface area contributed by atoms with Crippen LogP contribution in [0.1, 0.15) is 41.9 Å². The first-order valence-electron chi connectivity index (χ1n) is 6.94. The second kappa shape index (κ2) is 6.02. The van der Waals surface area contributed by atoms with Gasteiger partial charge in [-0.15, -0.1) is 0 Å². The molecule has 2 N–H and O–H groups in total. The highest BCUT2D eigenvalue weighted by Crippen LogP contribution is 2.17. The molecule has 0 fully saturated rings. The molecule has 0 aliphatic rings.